The van der Waals surface area contributed by atoms with Crippen molar-refractivity contribution >= 4 is 91.3 Å². The van der Waals surface area contributed by atoms with E-state index in [-0.39, 0.29) is 10.3 Å². The average Bonchev–Trinajstić information content (AvgIpc) is 2.62. The topological polar surface area (TPSA) is 43.2 Å². The molecule has 0 saturated carbocycles. The Hall–Kier alpha value is -0.880. The third-order valence-electron chi connectivity index (χ3n) is 3.24. The molecule has 0 heterocycles. The van der Waals surface area contributed by atoms with E-state index in [0.29, 0.717) is 32.9 Å². The summed E-state index contributed by atoms with van der Waals surface area (Å²) in [5.74, 6) is 0.983. The first-order chi connectivity index (χ1) is 12.7. The summed E-state index contributed by atoms with van der Waals surface area (Å²) in [6.07, 6.45) is 0. The summed E-state index contributed by atoms with van der Waals surface area (Å²) in [5, 5.41) is 0.289. The van der Waals surface area contributed by atoms with E-state index >= 15 is 0 Å². The highest BCUT2D eigenvalue weighted by Crippen LogP contribution is 2.36. The standard InChI is InChI=1S/C17H12Cl6N2O2/c1-26-13-5-3-9(7-11(13)18)24-15(20)17(22,23)16(21)25-10-4-6-14(27-2)12(19)8-10/h3-8H,1-2H3/b24-15-,25-16+. The van der Waals surface area contributed by atoms with E-state index in [4.69, 9.17) is 79.1 Å². The van der Waals surface area contributed by atoms with Gasteiger partial charge in [0.1, 0.15) is 21.8 Å². The van der Waals surface area contributed by atoms with E-state index in [0.717, 1.165) is 0 Å². The molecule has 0 aliphatic rings. The van der Waals surface area contributed by atoms with Crippen molar-refractivity contribution in [1.82, 2.24) is 0 Å². The minimum Gasteiger partial charge on any atom is -0.495 e. The molecule has 0 N–H and O–H groups in total. The van der Waals surface area contributed by atoms with Crippen LogP contribution in [0.2, 0.25) is 10.0 Å². The summed E-state index contributed by atoms with van der Waals surface area (Å²) < 4.78 is 8.28. The maximum Gasteiger partial charge on any atom is 0.222 e. The predicted octanol–water partition coefficient (Wildman–Crippen LogP) is 7.42. The van der Waals surface area contributed by atoms with E-state index in [1.54, 1.807) is 36.4 Å². The zero-order chi connectivity index (χ0) is 20.2. The maximum atomic E-state index is 6.26. The molecule has 0 radical (unpaired) electrons. The quantitative estimate of drug-likeness (QED) is 0.313. The number of hydrogen-bond acceptors (Lipinski definition) is 4. The fourth-order valence-corrected chi connectivity index (χ4v) is 3.00. The second-order valence-electron chi connectivity index (χ2n) is 5.02. The molecule has 27 heavy (non-hydrogen) atoms. The number of ether oxygens (including phenoxy) is 2. The van der Waals surface area contributed by atoms with Gasteiger partial charge in [-0.2, -0.15) is 0 Å². The van der Waals surface area contributed by atoms with Crippen molar-refractivity contribution in [2.75, 3.05) is 14.2 Å². The lowest BCUT2D eigenvalue weighted by Gasteiger charge is -2.16. The molecule has 4 nitrogen and oxygen atoms in total. The Kier molecular flexibility index (Phi) is 7.93. The molecule has 0 saturated heterocycles. The van der Waals surface area contributed by atoms with Crippen LogP contribution in [0.5, 0.6) is 11.5 Å². The fourth-order valence-electron chi connectivity index (χ4n) is 1.90. The number of benzene rings is 2. The molecule has 0 aromatic heterocycles. The lowest BCUT2D eigenvalue weighted by Crippen LogP contribution is -2.28. The predicted molar refractivity (Wildman–Crippen MR) is 116 cm³/mol. The van der Waals surface area contributed by atoms with Crippen LogP contribution in [-0.4, -0.2) is 28.9 Å². The van der Waals surface area contributed by atoms with Crippen LogP contribution in [0.3, 0.4) is 0 Å². The van der Waals surface area contributed by atoms with Crippen molar-refractivity contribution in [2.24, 2.45) is 9.98 Å². The van der Waals surface area contributed by atoms with Crippen LogP contribution in [0.15, 0.2) is 46.4 Å². The highest BCUT2D eigenvalue weighted by Gasteiger charge is 2.36. The van der Waals surface area contributed by atoms with Gasteiger partial charge in [-0.05, 0) is 36.4 Å². The normalized spacial score (nSPS) is 12.9. The molecule has 0 amide bonds. The van der Waals surface area contributed by atoms with Crippen LogP contribution in [0, 0.1) is 0 Å². The Morgan fingerprint density at radius 2 is 1.15 bits per heavy atom. The minimum absolute atomic E-state index is 0.208. The first-order valence-corrected chi connectivity index (χ1v) is 9.50. The lowest BCUT2D eigenvalue weighted by atomic mass is 10.3. The molecule has 2 aromatic rings. The van der Waals surface area contributed by atoms with Gasteiger partial charge >= 0.3 is 0 Å². The van der Waals surface area contributed by atoms with Crippen LogP contribution < -0.4 is 9.47 Å². The molecule has 0 bridgehead atoms. The Morgan fingerprint density at radius 1 is 0.778 bits per heavy atom. The van der Waals surface area contributed by atoms with Crippen molar-refractivity contribution < 1.29 is 9.47 Å². The number of rotatable bonds is 6. The molecule has 2 aromatic carbocycles. The van der Waals surface area contributed by atoms with Gasteiger partial charge < -0.3 is 9.47 Å². The summed E-state index contributed by atoms with van der Waals surface area (Å²) in [5.41, 5.74) is 0.821. The van der Waals surface area contributed by atoms with Gasteiger partial charge in [-0.25, -0.2) is 9.98 Å². The SMILES string of the molecule is COc1ccc(/N=C(\Cl)C(Cl)(Cl)/C(Cl)=N\c2ccc(OC)c(Cl)c2)cc1Cl. The molecule has 0 aliphatic carbocycles. The van der Waals surface area contributed by atoms with Crippen molar-refractivity contribution in [1.29, 1.82) is 0 Å². The van der Waals surface area contributed by atoms with Gasteiger partial charge in [0.15, 0.2) is 0 Å². The fraction of sp³-hybridized carbons (Fsp3) is 0.176. The second kappa shape index (κ2) is 9.55. The first-order valence-electron chi connectivity index (χ1n) is 7.23. The van der Waals surface area contributed by atoms with Crippen LogP contribution in [0.25, 0.3) is 0 Å². The van der Waals surface area contributed by atoms with Gasteiger partial charge in [0.2, 0.25) is 4.33 Å². The molecule has 0 aliphatic heterocycles. The number of methoxy groups -OCH3 is 2. The highest BCUT2D eigenvalue weighted by atomic mass is 35.5. The summed E-state index contributed by atoms with van der Waals surface area (Å²) in [6, 6.07) is 9.60. The van der Waals surface area contributed by atoms with Crippen LogP contribution in [-0.2, 0) is 0 Å². The minimum atomic E-state index is -1.87. The molecule has 0 fully saturated rings. The van der Waals surface area contributed by atoms with Gasteiger partial charge in [0.25, 0.3) is 0 Å². The molecular formula is C17H12Cl6N2O2. The van der Waals surface area contributed by atoms with Crippen LogP contribution >= 0.6 is 69.6 Å². The smallest absolute Gasteiger partial charge is 0.222 e. The van der Waals surface area contributed by atoms with Crippen molar-refractivity contribution in [3.8, 4) is 11.5 Å². The Bertz CT molecular complexity index is 827. The van der Waals surface area contributed by atoms with E-state index in [2.05, 4.69) is 9.98 Å². The van der Waals surface area contributed by atoms with Gasteiger partial charge in [-0.15, -0.1) is 0 Å². The summed E-state index contributed by atoms with van der Waals surface area (Å²) in [4.78, 5) is 8.28. The monoisotopic (exact) mass is 486 g/mol. The van der Waals surface area contributed by atoms with Gasteiger partial charge in [0, 0.05) is 0 Å². The number of halogens is 6. The molecule has 0 spiro atoms. The Balaban J connectivity index is 2.32. The molecule has 144 valence electrons. The largest absolute Gasteiger partial charge is 0.495 e. The molecule has 0 unspecified atom stereocenters. The number of nitrogens with zero attached hydrogens (tertiary/aromatic N) is 2. The maximum absolute atomic E-state index is 6.26. The molecule has 2 rings (SSSR count). The Labute approximate surface area is 186 Å². The van der Waals surface area contributed by atoms with E-state index in [9.17, 15) is 0 Å². The third kappa shape index (κ3) is 5.57. The lowest BCUT2D eigenvalue weighted by molar-refractivity contribution is 0.415. The van der Waals surface area contributed by atoms with Crippen LogP contribution in [0.1, 0.15) is 0 Å². The van der Waals surface area contributed by atoms with E-state index < -0.39 is 4.33 Å². The van der Waals surface area contributed by atoms with Crippen molar-refractivity contribution in [2.45, 2.75) is 4.33 Å². The van der Waals surface area contributed by atoms with Crippen molar-refractivity contribution in [3.63, 3.8) is 0 Å². The summed E-state index contributed by atoms with van der Waals surface area (Å²) in [6.45, 7) is 0. The van der Waals surface area contributed by atoms with E-state index in [1.165, 1.54) is 14.2 Å². The Morgan fingerprint density at radius 3 is 1.44 bits per heavy atom. The number of aliphatic imine (C=N–C) groups is 2. The van der Waals surface area contributed by atoms with Gasteiger partial charge in [-0.1, -0.05) is 69.6 Å². The molecular weight excluding hydrogens is 477 g/mol. The summed E-state index contributed by atoms with van der Waals surface area (Å²) in [7, 11) is 3.00. The van der Waals surface area contributed by atoms with Crippen LogP contribution in [0.4, 0.5) is 11.4 Å². The zero-order valence-electron chi connectivity index (χ0n) is 13.9. The van der Waals surface area contributed by atoms with Crippen molar-refractivity contribution in [3.05, 3.63) is 46.4 Å². The molecule has 10 heteroatoms. The number of hydrogen-bond donors (Lipinski definition) is 0. The average molecular weight is 489 g/mol. The molecule has 0 atom stereocenters. The summed E-state index contributed by atoms with van der Waals surface area (Å²) >= 11 is 37.0. The number of alkyl halides is 2. The highest BCUT2D eigenvalue weighted by molar-refractivity contribution is 6.93. The van der Waals surface area contributed by atoms with Gasteiger partial charge in [0.05, 0.1) is 35.6 Å². The van der Waals surface area contributed by atoms with E-state index in [1.807, 2.05) is 0 Å². The second-order valence-corrected chi connectivity index (χ2v) is 7.88. The third-order valence-corrected chi connectivity index (χ3v) is 5.67. The first kappa shape index (κ1) is 22.4. The van der Waals surface area contributed by atoms with Gasteiger partial charge in [-0.3, -0.25) is 0 Å². The zero-order valence-corrected chi connectivity index (χ0v) is 18.5.